The minimum atomic E-state index is -2.39. The zero-order valence-electron chi connectivity index (χ0n) is 19.2. The Morgan fingerprint density at radius 3 is 2.69 bits per heavy atom. The summed E-state index contributed by atoms with van der Waals surface area (Å²) in [5.74, 6) is -1.21. The monoisotopic (exact) mass is 348 g/mol. The third kappa shape index (κ3) is 2.98. The molecule has 0 spiro atoms. The smallest absolute Gasteiger partial charge is 0.227 e. The van der Waals surface area contributed by atoms with Gasteiger partial charge in [0.1, 0.15) is 5.58 Å². The lowest BCUT2D eigenvalue weighted by molar-refractivity contribution is 0.621. The summed E-state index contributed by atoms with van der Waals surface area (Å²) in [4.78, 5) is 9.14. The molecule has 3 heterocycles. The molecule has 0 amide bonds. The van der Waals surface area contributed by atoms with Gasteiger partial charge < -0.3 is 4.42 Å². The van der Waals surface area contributed by atoms with Crippen LogP contribution in [0.1, 0.15) is 50.3 Å². The second-order valence-corrected chi connectivity index (χ2v) is 7.03. The molecule has 0 saturated carbocycles. The molecule has 26 heavy (non-hydrogen) atoms. The van der Waals surface area contributed by atoms with E-state index in [0.29, 0.717) is 22.9 Å². The molecule has 1 aromatic carbocycles. The van der Waals surface area contributed by atoms with Crippen molar-refractivity contribution in [2.45, 2.75) is 40.0 Å². The van der Waals surface area contributed by atoms with Crippen LogP contribution >= 0.6 is 0 Å². The lowest BCUT2D eigenvalue weighted by Crippen LogP contribution is -1.96. The summed E-state index contributed by atoms with van der Waals surface area (Å²) in [6, 6.07) is 13.7. The molecular weight excluding hydrogens is 320 g/mol. The molecule has 4 aromatic rings. The molecule has 3 nitrogen and oxygen atoms in total. The Balaban J connectivity index is 1.78. The third-order valence-electron chi connectivity index (χ3n) is 4.60. The van der Waals surface area contributed by atoms with Gasteiger partial charge in [-0.25, -0.2) is 4.98 Å². The van der Waals surface area contributed by atoms with E-state index in [9.17, 15) is 0 Å². The number of fused-ring (bicyclic) bond motifs is 3. The molecular formula is C23H24N2O. The van der Waals surface area contributed by atoms with Crippen molar-refractivity contribution in [1.29, 1.82) is 0 Å². The molecule has 3 heteroatoms. The Morgan fingerprint density at radius 2 is 1.96 bits per heavy atom. The predicted molar refractivity (Wildman–Crippen MR) is 107 cm³/mol. The van der Waals surface area contributed by atoms with Crippen molar-refractivity contribution in [1.82, 2.24) is 9.97 Å². The highest BCUT2D eigenvalue weighted by Crippen LogP contribution is 2.34. The average molecular weight is 348 g/mol. The van der Waals surface area contributed by atoms with Gasteiger partial charge in [0.2, 0.25) is 5.71 Å². The fourth-order valence-electron chi connectivity index (χ4n) is 3.20. The number of nitrogens with zero attached hydrogens (tertiary/aromatic N) is 2. The summed E-state index contributed by atoms with van der Waals surface area (Å²) in [6.07, 6.45) is 1.91. The van der Waals surface area contributed by atoms with E-state index in [-0.39, 0.29) is 6.42 Å². The highest BCUT2D eigenvalue weighted by molar-refractivity contribution is 6.08. The highest BCUT2D eigenvalue weighted by Gasteiger charge is 2.14. The molecule has 1 atom stereocenters. The molecule has 0 aliphatic rings. The van der Waals surface area contributed by atoms with Gasteiger partial charge in [-0.05, 0) is 48.1 Å². The van der Waals surface area contributed by atoms with Gasteiger partial charge in [-0.1, -0.05) is 45.8 Å². The number of rotatable bonds is 4. The van der Waals surface area contributed by atoms with E-state index in [0.717, 1.165) is 22.0 Å². The maximum absolute atomic E-state index is 8.18. The van der Waals surface area contributed by atoms with E-state index in [1.807, 2.05) is 36.5 Å². The topological polar surface area (TPSA) is 38.9 Å². The summed E-state index contributed by atoms with van der Waals surface area (Å²) >= 11 is 0. The number of aromatic nitrogens is 2. The van der Waals surface area contributed by atoms with Crippen LogP contribution in [0.15, 0.2) is 53.1 Å². The third-order valence-corrected chi connectivity index (χ3v) is 4.60. The van der Waals surface area contributed by atoms with Gasteiger partial charge in [0.15, 0.2) is 0 Å². The van der Waals surface area contributed by atoms with Crippen molar-refractivity contribution in [3.05, 3.63) is 59.9 Å². The van der Waals surface area contributed by atoms with Gasteiger partial charge in [0, 0.05) is 33.7 Å². The molecule has 132 valence electrons. The van der Waals surface area contributed by atoms with Gasteiger partial charge in [-0.15, -0.1) is 0 Å². The largest absolute Gasteiger partial charge is 0.437 e. The van der Waals surface area contributed by atoms with Crippen molar-refractivity contribution in [3.8, 4) is 11.3 Å². The van der Waals surface area contributed by atoms with Gasteiger partial charge >= 0.3 is 0 Å². The van der Waals surface area contributed by atoms with E-state index in [4.69, 9.17) is 9.90 Å². The van der Waals surface area contributed by atoms with Crippen molar-refractivity contribution >= 4 is 22.1 Å². The summed E-state index contributed by atoms with van der Waals surface area (Å²) in [5.41, 5.74) is 4.55. The Hall–Kier alpha value is -2.68. The van der Waals surface area contributed by atoms with Crippen LogP contribution in [0.5, 0.6) is 0 Å². The van der Waals surface area contributed by atoms with E-state index in [1.54, 1.807) is 6.07 Å². The Kier molecular flexibility index (Phi) is 3.19. The molecule has 0 fully saturated rings. The first-order valence-corrected chi connectivity index (χ1v) is 8.84. The van der Waals surface area contributed by atoms with E-state index in [2.05, 4.69) is 29.9 Å². The first-order chi connectivity index (χ1) is 14.1. The lowest BCUT2D eigenvalue weighted by Gasteiger charge is -2.06. The Labute approximate surface area is 159 Å². The maximum atomic E-state index is 8.18. The molecule has 3 aromatic heterocycles. The van der Waals surface area contributed by atoms with Crippen molar-refractivity contribution in [3.63, 3.8) is 0 Å². The molecule has 0 radical (unpaired) electrons. The predicted octanol–water partition coefficient (Wildman–Crippen LogP) is 6.36. The van der Waals surface area contributed by atoms with E-state index >= 15 is 0 Å². The normalized spacial score (nSPS) is 16.9. The van der Waals surface area contributed by atoms with Crippen molar-refractivity contribution < 1.29 is 9.90 Å². The average Bonchev–Trinajstić information content (AvgIpc) is 3.04. The van der Waals surface area contributed by atoms with Gasteiger partial charge in [0.05, 0.1) is 5.69 Å². The number of hydrogen-bond donors (Lipinski definition) is 0. The number of para-hydroxylation sites is 1. The van der Waals surface area contributed by atoms with Gasteiger partial charge in [-0.3, -0.25) is 4.98 Å². The summed E-state index contributed by atoms with van der Waals surface area (Å²) in [7, 11) is 0. The Morgan fingerprint density at radius 1 is 1.08 bits per heavy atom. The molecule has 0 aliphatic heterocycles. The fourth-order valence-corrected chi connectivity index (χ4v) is 3.20. The van der Waals surface area contributed by atoms with Crippen LogP contribution in [-0.4, -0.2) is 9.97 Å². The van der Waals surface area contributed by atoms with Crippen LogP contribution in [-0.2, 0) is 6.42 Å². The summed E-state index contributed by atoms with van der Waals surface area (Å²) < 4.78 is 37.0. The number of benzene rings is 1. The zero-order chi connectivity index (χ0) is 21.7. The van der Waals surface area contributed by atoms with Crippen LogP contribution < -0.4 is 0 Å². The second-order valence-electron chi connectivity index (χ2n) is 7.03. The second kappa shape index (κ2) is 6.56. The Bertz CT molecular complexity index is 1210. The van der Waals surface area contributed by atoms with Gasteiger partial charge in [-0.2, -0.15) is 0 Å². The van der Waals surface area contributed by atoms with Crippen LogP contribution in [0, 0.1) is 5.89 Å². The number of hydrogen-bond acceptors (Lipinski definition) is 3. The zero-order valence-corrected chi connectivity index (χ0v) is 15.2. The number of pyridine rings is 2. The van der Waals surface area contributed by atoms with Crippen LogP contribution in [0.3, 0.4) is 0 Å². The van der Waals surface area contributed by atoms with Crippen molar-refractivity contribution in [2.24, 2.45) is 5.89 Å². The van der Waals surface area contributed by atoms with Crippen LogP contribution in [0.2, 0.25) is 0 Å². The van der Waals surface area contributed by atoms with Crippen molar-refractivity contribution in [2.75, 3.05) is 0 Å². The van der Waals surface area contributed by atoms with E-state index in [1.165, 1.54) is 12.5 Å². The summed E-state index contributed by atoms with van der Waals surface area (Å²) in [6.45, 7) is 3.29. The lowest BCUT2D eigenvalue weighted by atomic mass is 10.0. The standard InChI is InChI=1S/C23H24N2O/c1-14(2)12-17-9-10-19-18-6-5-7-20(22(18)26-23(19)25-17)21-11-8-16(13-24-21)15(3)4/h5-11,13-15H,12H2,1-4H3/i1D3,14D. The number of furan rings is 1. The molecule has 1 unspecified atom stereocenters. The molecule has 0 bridgehead atoms. The minimum absolute atomic E-state index is 0.0154. The van der Waals surface area contributed by atoms with Crippen LogP contribution in [0.25, 0.3) is 33.3 Å². The minimum Gasteiger partial charge on any atom is -0.437 e. The first-order valence-electron chi connectivity index (χ1n) is 10.8. The van der Waals surface area contributed by atoms with Gasteiger partial charge in [0.25, 0.3) is 0 Å². The maximum Gasteiger partial charge on any atom is 0.227 e. The molecule has 0 aliphatic carbocycles. The first kappa shape index (κ1) is 12.6. The van der Waals surface area contributed by atoms with E-state index < -0.39 is 12.7 Å². The highest BCUT2D eigenvalue weighted by atomic mass is 16.3. The molecule has 4 rings (SSSR count). The quantitative estimate of drug-likeness (QED) is 0.430. The molecule has 0 saturated heterocycles. The SMILES string of the molecule is [2H]C([2H])([2H])C([2H])(C)Cc1ccc2c(n1)oc1c(-c3ccc(C(C)C)cn3)cccc12. The van der Waals surface area contributed by atoms with Crippen LogP contribution in [0.4, 0.5) is 0 Å². The molecule has 0 N–H and O–H groups in total. The summed E-state index contributed by atoms with van der Waals surface area (Å²) in [5, 5.41) is 1.79. The fraction of sp³-hybridized carbons (Fsp3) is 0.304.